The van der Waals surface area contributed by atoms with Crippen LogP contribution < -0.4 is 10.6 Å². The van der Waals surface area contributed by atoms with Crippen LogP contribution in [-0.4, -0.2) is 16.8 Å². The number of nitrogens with one attached hydrogen (secondary N) is 2. The first-order valence-electron chi connectivity index (χ1n) is 6.60. The molecule has 1 rings (SSSR count). The van der Waals surface area contributed by atoms with Gasteiger partial charge in [-0.05, 0) is 12.1 Å². The van der Waals surface area contributed by atoms with Crippen LogP contribution in [0.3, 0.4) is 0 Å². The van der Waals surface area contributed by atoms with Crippen LogP contribution in [0.2, 0.25) is 0 Å². The number of amides is 2. The average molecular weight is 277 g/mol. The van der Waals surface area contributed by atoms with E-state index in [1.807, 2.05) is 41.5 Å². The van der Waals surface area contributed by atoms with Crippen LogP contribution in [0.5, 0.6) is 0 Å². The number of aromatic nitrogens is 1. The van der Waals surface area contributed by atoms with Crippen molar-refractivity contribution in [3.63, 3.8) is 0 Å². The van der Waals surface area contributed by atoms with Crippen molar-refractivity contribution in [2.24, 2.45) is 10.8 Å². The number of anilines is 2. The lowest BCUT2D eigenvalue weighted by Gasteiger charge is -2.21. The quantitative estimate of drug-likeness (QED) is 0.872. The summed E-state index contributed by atoms with van der Waals surface area (Å²) in [5.41, 5.74) is -0.533. The maximum atomic E-state index is 12.0. The zero-order chi connectivity index (χ0) is 15.6. The van der Waals surface area contributed by atoms with Gasteiger partial charge in [-0.1, -0.05) is 41.5 Å². The van der Waals surface area contributed by atoms with Crippen molar-refractivity contribution in [3.05, 3.63) is 18.3 Å². The van der Waals surface area contributed by atoms with Crippen molar-refractivity contribution in [1.82, 2.24) is 4.98 Å². The molecular formula is C15H23N3O2. The third-order valence-electron chi connectivity index (χ3n) is 2.65. The van der Waals surface area contributed by atoms with Gasteiger partial charge in [0.1, 0.15) is 0 Å². The fraction of sp³-hybridized carbons (Fsp3) is 0.533. The van der Waals surface area contributed by atoms with Gasteiger partial charge < -0.3 is 10.6 Å². The molecular weight excluding hydrogens is 254 g/mol. The van der Waals surface area contributed by atoms with Gasteiger partial charge in [-0.15, -0.1) is 0 Å². The van der Waals surface area contributed by atoms with Crippen molar-refractivity contribution >= 4 is 23.3 Å². The van der Waals surface area contributed by atoms with E-state index in [0.29, 0.717) is 11.5 Å². The Morgan fingerprint density at radius 2 is 1.45 bits per heavy atom. The molecule has 0 aliphatic heterocycles. The molecule has 0 spiro atoms. The van der Waals surface area contributed by atoms with Crippen LogP contribution in [0.4, 0.5) is 11.5 Å². The first-order chi connectivity index (χ1) is 9.01. The van der Waals surface area contributed by atoms with Crippen LogP contribution in [0.1, 0.15) is 41.5 Å². The minimum absolute atomic E-state index is 0.128. The maximum absolute atomic E-state index is 12.0. The van der Waals surface area contributed by atoms with E-state index in [9.17, 15) is 9.59 Å². The number of carbonyl (C=O) groups is 2. The van der Waals surface area contributed by atoms with Gasteiger partial charge in [0, 0.05) is 17.0 Å². The predicted octanol–water partition coefficient (Wildman–Crippen LogP) is 3.05. The van der Waals surface area contributed by atoms with Crippen LogP contribution in [0.15, 0.2) is 18.3 Å². The van der Waals surface area contributed by atoms with Gasteiger partial charge in [0.05, 0.1) is 5.69 Å². The molecule has 0 aliphatic rings. The number of hydrogen-bond acceptors (Lipinski definition) is 3. The summed E-state index contributed by atoms with van der Waals surface area (Å²) in [6.07, 6.45) is 1.57. The molecule has 5 heteroatoms. The minimum atomic E-state index is -0.525. The summed E-state index contributed by atoms with van der Waals surface area (Å²) < 4.78 is 0. The number of carbonyl (C=O) groups excluding carboxylic acids is 2. The third kappa shape index (κ3) is 4.33. The molecule has 0 bridgehead atoms. The topological polar surface area (TPSA) is 71.1 Å². The van der Waals surface area contributed by atoms with Gasteiger partial charge in [-0.2, -0.15) is 0 Å². The standard InChI is InChI=1S/C15H23N3O2/c1-14(2,3)12(19)17-10-8-7-9-16-11(10)18-13(20)15(4,5)6/h7-9H,1-6H3,(H,17,19)(H,16,18,20). The van der Waals surface area contributed by atoms with Crippen molar-refractivity contribution in [2.75, 3.05) is 10.6 Å². The third-order valence-corrected chi connectivity index (χ3v) is 2.65. The van der Waals surface area contributed by atoms with Gasteiger partial charge in [0.2, 0.25) is 11.8 Å². The second kappa shape index (κ2) is 5.61. The normalized spacial score (nSPS) is 11.9. The highest BCUT2D eigenvalue weighted by Crippen LogP contribution is 2.24. The molecule has 0 aliphatic carbocycles. The number of nitrogens with zero attached hydrogens (tertiary/aromatic N) is 1. The summed E-state index contributed by atoms with van der Waals surface area (Å²) in [5, 5.41) is 5.53. The van der Waals surface area contributed by atoms with E-state index in [2.05, 4.69) is 15.6 Å². The van der Waals surface area contributed by atoms with Gasteiger partial charge in [0.15, 0.2) is 5.82 Å². The van der Waals surface area contributed by atoms with Crippen molar-refractivity contribution in [2.45, 2.75) is 41.5 Å². The Bertz CT molecular complexity index is 464. The highest BCUT2D eigenvalue weighted by Gasteiger charge is 2.25. The molecule has 0 saturated carbocycles. The summed E-state index contributed by atoms with van der Waals surface area (Å²) >= 11 is 0. The smallest absolute Gasteiger partial charge is 0.230 e. The Balaban J connectivity index is 2.95. The largest absolute Gasteiger partial charge is 0.323 e. The predicted molar refractivity (Wildman–Crippen MR) is 80.4 cm³/mol. The Morgan fingerprint density at radius 3 is 1.95 bits per heavy atom. The monoisotopic (exact) mass is 277 g/mol. The Hall–Kier alpha value is -1.91. The summed E-state index contributed by atoms with van der Waals surface area (Å²) in [4.78, 5) is 28.1. The van der Waals surface area contributed by atoms with Gasteiger partial charge in [0.25, 0.3) is 0 Å². The minimum Gasteiger partial charge on any atom is -0.323 e. The molecule has 0 fully saturated rings. The molecule has 0 aromatic carbocycles. The van der Waals surface area contributed by atoms with Gasteiger partial charge in [-0.25, -0.2) is 4.98 Å². The SMILES string of the molecule is CC(C)(C)C(=O)Nc1cccnc1NC(=O)C(C)(C)C. The molecule has 110 valence electrons. The number of pyridine rings is 1. The van der Waals surface area contributed by atoms with Crippen molar-refractivity contribution in [1.29, 1.82) is 0 Å². The molecule has 0 unspecified atom stereocenters. The molecule has 0 radical (unpaired) electrons. The number of rotatable bonds is 2. The molecule has 20 heavy (non-hydrogen) atoms. The van der Waals surface area contributed by atoms with Crippen LogP contribution in [-0.2, 0) is 9.59 Å². The van der Waals surface area contributed by atoms with E-state index >= 15 is 0 Å². The Labute approximate surface area is 120 Å². The molecule has 2 amide bonds. The average Bonchev–Trinajstić information content (AvgIpc) is 2.29. The molecule has 1 aromatic heterocycles. The van der Waals surface area contributed by atoms with Crippen LogP contribution in [0, 0.1) is 10.8 Å². The zero-order valence-electron chi connectivity index (χ0n) is 13.0. The van der Waals surface area contributed by atoms with E-state index in [-0.39, 0.29) is 11.8 Å². The molecule has 2 N–H and O–H groups in total. The highest BCUT2D eigenvalue weighted by atomic mass is 16.2. The molecule has 0 atom stereocenters. The summed E-state index contributed by atoms with van der Waals surface area (Å²) in [7, 11) is 0. The summed E-state index contributed by atoms with van der Waals surface area (Å²) in [6.45, 7) is 10.9. The van der Waals surface area contributed by atoms with Gasteiger partial charge in [-0.3, -0.25) is 9.59 Å². The second-order valence-electron chi connectivity index (χ2n) is 6.81. The molecule has 5 nitrogen and oxygen atoms in total. The maximum Gasteiger partial charge on any atom is 0.230 e. The van der Waals surface area contributed by atoms with Crippen LogP contribution in [0.25, 0.3) is 0 Å². The number of hydrogen-bond donors (Lipinski definition) is 2. The van der Waals surface area contributed by atoms with E-state index in [1.165, 1.54) is 0 Å². The summed E-state index contributed by atoms with van der Waals surface area (Å²) in [5.74, 6) is 0.0873. The van der Waals surface area contributed by atoms with E-state index < -0.39 is 10.8 Å². The Kier molecular flexibility index (Phi) is 4.53. The lowest BCUT2D eigenvalue weighted by Crippen LogP contribution is -2.30. The van der Waals surface area contributed by atoms with E-state index in [4.69, 9.17) is 0 Å². The second-order valence-corrected chi connectivity index (χ2v) is 6.81. The van der Waals surface area contributed by atoms with Crippen molar-refractivity contribution < 1.29 is 9.59 Å². The van der Waals surface area contributed by atoms with E-state index in [0.717, 1.165) is 0 Å². The van der Waals surface area contributed by atoms with E-state index in [1.54, 1.807) is 18.3 Å². The fourth-order valence-corrected chi connectivity index (χ4v) is 1.21. The fourth-order valence-electron chi connectivity index (χ4n) is 1.21. The first kappa shape index (κ1) is 16.1. The van der Waals surface area contributed by atoms with Crippen molar-refractivity contribution in [3.8, 4) is 0 Å². The van der Waals surface area contributed by atoms with Crippen LogP contribution >= 0.6 is 0 Å². The first-order valence-corrected chi connectivity index (χ1v) is 6.60. The Morgan fingerprint density at radius 1 is 0.950 bits per heavy atom. The summed E-state index contributed by atoms with van der Waals surface area (Å²) in [6, 6.07) is 3.43. The zero-order valence-corrected chi connectivity index (χ0v) is 13.0. The highest BCUT2D eigenvalue weighted by molar-refractivity contribution is 6.01. The molecule has 1 aromatic rings. The lowest BCUT2D eigenvalue weighted by atomic mass is 9.95. The molecule has 0 saturated heterocycles. The molecule has 1 heterocycles. The van der Waals surface area contributed by atoms with Gasteiger partial charge >= 0.3 is 0 Å². The lowest BCUT2D eigenvalue weighted by molar-refractivity contribution is -0.124.